The van der Waals surface area contributed by atoms with Gasteiger partial charge in [-0.3, -0.25) is 9.48 Å². The number of nitrogens with one attached hydrogen (secondary N) is 1. The Balaban J connectivity index is 2.12. The smallest absolute Gasteiger partial charge is 0.228 e. The van der Waals surface area contributed by atoms with Gasteiger partial charge in [-0.15, -0.1) is 0 Å². The minimum Gasteiger partial charge on any atom is -0.324 e. The maximum Gasteiger partial charge on any atom is 0.228 e. The number of anilines is 1. The molecule has 1 aromatic carbocycles. The van der Waals surface area contributed by atoms with Crippen molar-refractivity contribution in [3.8, 4) is 0 Å². The Hall–Kier alpha value is -1.81. The van der Waals surface area contributed by atoms with Crippen LogP contribution in [-0.4, -0.2) is 15.7 Å². The van der Waals surface area contributed by atoms with Crippen LogP contribution in [-0.2, 0) is 17.8 Å². The first-order chi connectivity index (χ1) is 10.4. The Labute approximate surface area is 136 Å². The Morgan fingerprint density at radius 2 is 2.00 bits per heavy atom. The molecular weight excluding hydrogens is 298 g/mol. The number of aryl methyl sites for hydroxylation is 1. The Kier molecular flexibility index (Phi) is 5.24. The molecule has 0 unspecified atom stereocenters. The first kappa shape index (κ1) is 16.6. The number of halogens is 1. The number of aromatic nitrogens is 2. The fourth-order valence-electron chi connectivity index (χ4n) is 2.43. The summed E-state index contributed by atoms with van der Waals surface area (Å²) in [5.74, 6) is 0.436. The number of rotatable bonds is 5. The number of carbonyl (C=O) groups is 1. The first-order valence-corrected chi connectivity index (χ1v) is 7.83. The van der Waals surface area contributed by atoms with Crippen molar-refractivity contribution < 1.29 is 4.79 Å². The summed E-state index contributed by atoms with van der Waals surface area (Å²) < 4.78 is 1.98. The molecule has 1 N–H and O–H groups in total. The van der Waals surface area contributed by atoms with E-state index < -0.39 is 0 Å². The van der Waals surface area contributed by atoms with E-state index in [1.54, 1.807) is 12.1 Å². The van der Waals surface area contributed by atoms with Crippen LogP contribution in [0.3, 0.4) is 0 Å². The highest BCUT2D eigenvalue weighted by molar-refractivity contribution is 6.33. The van der Waals surface area contributed by atoms with Gasteiger partial charge >= 0.3 is 0 Å². The van der Waals surface area contributed by atoms with E-state index in [1.807, 2.05) is 30.7 Å². The zero-order valence-electron chi connectivity index (χ0n) is 13.5. The number of nitrogens with zero attached hydrogens (tertiary/aromatic N) is 2. The third kappa shape index (κ3) is 3.89. The van der Waals surface area contributed by atoms with Crippen molar-refractivity contribution >= 4 is 23.2 Å². The van der Waals surface area contributed by atoms with Crippen molar-refractivity contribution in [2.45, 2.75) is 40.7 Å². The molecule has 0 aliphatic carbocycles. The van der Waals surface area contributed by atoms with Gasteiger partial charge in [0.05, 0.1) is 22.8 Å². The highest BCUT2D eigenvalue weighted by Gasteiger charge is 2.16. The van der Waals surface area contributed by atoms with Gasteiger partial charge in [-0.2, -0.15) is 5.10 Å². The van der Waals surface area contributed by atoms with E-state index in [1.165, 1.54) is 0 Å². The molecule has 22 heavy (non-hydrogen) atoms. The van der Waals surface area contributed by atoms with Crippen LogP contribution in [0.2, 0.25) is 5.02 Å². The number of para-hydroxylation sites is 1. The molecule has 0 aliphatic heterocycles. The van der Waals surface area contributed by atoms with E-state index in [0.717, 1.165) is 23.5 Å². The number of hydrogen-bond donors (Lipinski definition) is 1. The summed E-state index contributed by atoms with van der Waals surface area (Å²) in [6, 6.07) is 7.23. The number of amides is 1. The average Bonchev–Trinajstić information content (AvgIpc) is 2.68. The van der Waals surface area contributed by atoms with E-state index in [2.05, 4.69) is 24.3 Å². The minimum absolute atomic E-state index is 0.0802. The maximum absolute atomic E-state index is 12.3. The van der Waals surface area contributed by atoms with Gasteiger partial charge in [-0.05, 0) is 31.9 Å². The van der Waals surface area contributed by atoms with Crippen molar-refractivity contribution in [2.75, 3.05) is 5.32 Å². The SMILES string of the molecule is Cc1nn(CC(C)C)c(C)c1CC(=O)Nc1ccccc1Cl. The molecule has 0 bridgehead atoms. The van der Waals surface area contributed by atoms with Gasteiger partial charge in [0.15, 0.2) is 0 Å². The topological polar surface area (TPSA) is 46.9 Å². The van der Waals surface area contributed by atoms with Crippen molar-refractivity contribution in [3.05, 3.63) is 46.2 Å². The highest BCUT2D eigenvalue weighted by atomic mass is 35.5. The third-order valence-corrected chi connectivity index (χ3v) is 3.88. The molecule has 4 nitrogen and oxygen atoms in total. The van der Waals surface area contributed by atoms with Gasteiger partial charge in [-0.1, -0.05) is 37.6 Å². The van der Waals surface area contributed by atoms with Gasteiger partial charge < -0.3 is 5.32 Å². The molecule has 1 aromatic heterocycles. The van der Waals surface area contributed by atoms with Gasteiger partial charge in [0.25, 0.3) is 0 Å². The molecular formula is C17H22ClN3O. The number of benzene rings is 1. The molecule has 0 spiro atoms. The molecule has 0 saturated carbocycles. The molecule has 0 fully saturated rings. The monoisotopic (exact) mass is 319 g/mol. The summed E-state index contributed by atoms with van der Waals surface area (Å²) in [4.78, 5) is 12.3. The molecule has 2 rings (SSSR count). The molecule has 0 aliphatic rings. The van der Waals surface area contributed by atoms with Crippen LogP contribution in [0, 0.1) is 19.8 Å². The Morgan fingerprint density at radius 3 is 2.64 bits per heavy atom. The minimum atomic E-state index is -0.0802. The second kappa shape index (κ2) is 6.97. The summed E-state index contributed by atoms with van der Waals surface area (Å²) in [7, 11) is 0. The zero-order chi connectivity index (χ0) is 16.3. The molecule has 0 saturated heterocycles. The van der Waals surface area contributed by atoms with Gasteiger partial charge in [0.1, 0.15) is 0 Å². The van der Waals surface area contributed by atoms with E-state index in [0.29, 0.717) is 23.0 Å². The summed E-state index contributed by atoms with van der Waals surface area (Å²) in [6.45, 7) is 9.13. The maximum atomic E-state index is 12.3. The highest BCUT2D eigenvalue weighted by Crippen LogP contribution is 2.21. The van der Waals surface area contributed by atoms with Gasteiger partial charge in [0.2, 0.25) is 5.91 Å². The molecule has 118 valence electrons. The van der Waals surface area contributed by atoms with Crippen LogP contribution in [0.4, 0.5) is 5.69 Å². The van der Waals surface area contributed by atoms with Crippen LogP contribution in [0.15, 0.2) is 24.3 Å². The second-order valence-electron chi connectivity index (χ2n) is 5.93. The standard InChI is InChI=1S/C17H22ClN3O/c1-11(2)10-21-13(4)14(12(3)20-21)9-17(22)19-16-8-6-5-7-15(16)18/h5-8,11H,9-10H2,1-4H3,(H,19,22). The molecule has 5 heteroatoms. The van der Waals surface area contributed by atoms with Crippen molar-refractivity contribution in [2.24, 2.45) is 5.92 Å². The normalized spacial score (nSPS) is 11.0. The molecule has 1 amide bonds. The summed E-state index contributed by atoms with van der Waals surface area (Å²) in [6.07, 6.45) is 0.307. The fraction of sp³-hybridized carbons (Fsp3) is 0.412. The molecule has 2 aromatic rings. The van der Waals surface area contributed by atoms with E-state index in [4.69, 9.17) is 11.6 Å². The Bertz CT molecular complexity index is 677. The quantitative estimate of drug-likeness (QED) is 0.905. The van der Waals surface area contributed by atoms with E-state index >= 15 is 0 Å². The second-order valence-corrected chi connectivity index (χ2v) is 6.34. The third-order valence-electron chi connectivity index (χ3n) is 3.55. The average molecular weight is 320 g/mol. The largest absolute Gasteiger partial charge is 0.324 e. The van der Waals surface area contributed by atoms with Crippen LogP contribution in [0.25, 0.3) is 0 Å². The van der Waals surface area contributed by atoms with Gasteiger partial charge in [0, 0.05) is 17.8 Å². The predicted octanol–water partition coefficient (Wildman–Crippen LogP) is 3.99. The summed E-state index contributed by atoms with van der Waals surface area (Å²) >= 11 is 6.06. The fourth-order valence-corrected chi connectivity index (χ4v) is 2.61. The number of hydrogen-bond acceptors (Lipinski definition) is 2. The van der Waals surface area contributed by atoms with Crippen LogP contribution in [0.1, 0.15) is 30.8 Å². The Morgan fingerprint density at radius 1 is 1.32 bits per heavy atom. The van der Waals surface area contributed by atoms with Crippen LogP contribution < -0.4 is 5.32 Å². The number of carbonyl (C=O) groups excluding carboxylic acids is 1. The van der Waals surface area contributed by atoms with Crippen molar-refractivity contribution in [1.29, 1.82) is 0 Å². The molecule has 1 heterocycles. The molecule has 0 atom stereocenters. The van der Waals surface area contributed by atoms with E-state index in [-0.39, 0.29) is 5.91 Å². The zero-order valence-corrected chi connectivity index (χ0v) is 14.2. The van der Waals surface area contributed by atoms with Crippen molar-refractivity contribution in [3.63, 3.8) is 0 Å². The first-order valence-electron chi connectivity index (χ1n) is 7.45. The lowest BCUT2D eigenvalue weighted by molar-refractivity contribution is -0.115. The van der Waals surface area contributed by atoms with Crippen LogP contribution in [0.5, 0.6) is 0 Å². The lowest BCUT2D eigenvalue weighted by atomic mass is 10.1. The lowest BCUT2D eigenvalue weighted by Crippen LogP contribution is -2.16. The van der Waals surface area contributed by atoms with E-state index in [9.17, 15) is 4.79 Å². The van der Waals surface area contributed by atoms with Crippen molar-refractivity contribution in [1.82, 2.24) is 9.78 Å². The predicted molar refractivity (Wildman–Crippen MR) is 90.3 cm³/mol. The lowest BCUT2D eigenvalue weighted by Gasteiger charge is -2.09. The summed E-state index contributed by atoms with van der Waals surface area (Å²) in [5, 5.41) is 7.94. The van der Waals surface area contributed by atoms with Crippen LogP contribution >= 0.6 is 11.6 Å². The summed E-state index contributed by atoms with van der Waals surface area (Å²) in [5.41, 5.74) is 3.59. The van der Waals surface area contributed by atoms with Gasteiger partial charge in [-0.25, -0.2) is 0 Å². The molecule has 0 radical (unpaired) electrons.